The molecule has 0 bridgehead atoms. The number of anilines is 1. The second kappa shape index (κ2) is 8.74. The largest absolute Gasteiger partial charge is 0.454 e. The summed E-state index contributed by atoms with van der Waals surface area (Å²) in [4.78, 5) is 17.4. The van der Waals surface area contributed by atoms with Gasteiger partial charge < -0.3 is 19.3 Å². The van der Waals surface area contributed by atoms with Gasteiger partial charge >= 0.3 is 0 Å². The highest BCUT2D eigenvalue weighted by atomic mass is 35.5. The number of halogens is 3. The number of hydrogen-bond acceptors (Lipinski definition) is 4. The van der Waals surface area contributed by atoms with E-state index in [0.29, 0.717) is 51.8 Å². The number of carbonyl (C=O) groups is 1. The van der Waals surface area contributed by atoms with Gasteiger partial charge in [0.1, 0.15) is 0 Å². The van der Waals surface area contributed by atoms with Crippen molar-refractivity contribution in [3.8, 4) is 11.5 Å². The third-order valence-electron chi connectivity index (χ3n) is 5.76. The van der Waals surface area contributed by atoms with Gasteiger partial charge in [-0.2, -0.15) is 0 Å². The standard InChI is InChI=1S/C24H19Cl3N2O3/c25-17-4-1-15(2-5-17)21-13-28(9-10-29(21)20-7-6-18(26)12-19(20)27)24(30)16-3-8-22-23(11-16)32-14-31-22/h1-8,11-12,21H,9-10,13-14H2. The number of fused-ring (bicyclic) bond motifs is 1. The van der Waals surface area contributed by atoms with Crippen LogP contribution in [0, 0.1) is 0 Å². The zero-order chi connectivity index (χ0) is 22.2. The van der Waals surface area contributed by atoms with Crippen molar-refractivity contribution < 1.29 is 14.3 Å². The van der Waals surface area contributed by atoms with E-state index in [-0.39, 0.29) is 18.7 Å². The molecule has 1 amide bonds. The van der Waals surface area contributed by atoms with Crippen molar-refractivity contribution in [3.05, 3.63) is 86.9 Å². The molecule has 5 rings (SSSR count). The number of nitrogens with zero attached hydrogens (tertiary/aromatic N) is 2. The van der Waals surface area contributed by atoms with Crippen molar-refractivity contribution in [2.75, 3.05) is 31.3 Å². The smallest absolute Gasteiger partial charge is 0.254 e. The lowest BCUT2D eigenvalue weighted by Crippen LogP contribution is -2.50. The second-order valence-corrected chi connectivity index (χ2v) is 8.96. The van der Waals surface area contributed by atoms with Crippen LogP contribution >= 0.6 is 34.8 Å². The summed E-state index contributed by atoms with van der Waals surface area (Å²) in [5.74, 6) is 1.20. The fourth-order valence-electron chi connectivity index (χ4n) is 4.15. The topological polar surface area (TPSA) is 42.0 Å². The summed E-state index contributed by atoms with van der Waals surface area (Å²) in [5.41, 5.74) is 2.50. The van der Waals surface area contributed by atoms with E-state index >= 15 is 0 Å². The molecule has 0 N–H and O–H groups in total. The molecule has 0 saturated carbocycles. The van der Waals surface area contributed by atoms with Crippen LogP contribution in [0.1, 0.15) is 22.0 Å². The zero-order valence-corrected chi connectivity index (χ0v) is 19.2. The Kier molecular flexibility index (Phi) is 5.80. The molecule has 1 atom stereocenters. The molecule has 164 valence electrons. The van der Waals surface area contributed by atoms with Crippen molar-refractivity contribution in [2.45, 2.75) is 6.04 Å². The van der Waals surface area contributed by atoms with Crippen LogP contribution in [0.4, 0.5) is 5.69 Å². The van der Waals surface area contributed by atoms with Crippen LogP contribution in [-0.4, -0.2) is 37.2 Å². The van der Waals surface area contributed by atoms with E-state index in [1.807, 2.05) is 41.3 Å². The Bertz CT molecular complexity index is 1170. The average molecular weight is 490 g/mol. The first-order valence-electron chi connectivity index (χ1n) is 10.2. The Morgan fingerprint density at radius 1 is 0.844 bits per heavy atom. The lowest BCUT2D eigenvalue weighted by atomic mass is 10.0. The predicted octanol–water partition coefficient (Wildman–Crippen LogP) is 6.08. The van der Waals surface area contributed by atoms with Gasteiger partial charge in [-0.15, -0.1) is 0 Å². The molecule has 3 aromatic carbocycles. The first kappa shape index (κ1) is 21.3. The maximum atomic E-state index is 13.3. The van der Waals surface area contributed by atoms with E-state index < -0.39 is 0 Å². The van der Waals surface area contributed by atoms with E-state index in [1.165, 1.54) is 0 Å². The minimum atomic E-state index is -0.0994. The molecule has 2 aliphatic heterocycles. The Labute approximate surface area is 201 Å². The average Bonchev–Trinajstić information content (AvgIpc) is 3.27. The van der Waals surface area contributed by atoms with Crippen molar-refractivity contribution in [1.29, 1.82) is 0 Å². The molecule has 0 radical (unpaired) electrons. The van der Waals surface area contributed by atoms with Gasteiger partial charge in [-0.05, 0) is 54.1 Å². The van der Waals surface area contributed by atoms with E-state index in [4.69, 9.17) is 44.3 Å². The number of hydrogen-bond donors (Lipinski definition) is 0. The van der Waals surface area contributed by atoms with Gasteiger partial charge in [0.25, 0.3) is 5.91 Å². The van der Waals surface area contributed by atoms with Gasteiger partial charge in [-0.3, -0.25) is 4.79 Å². The molecule has 2 aliphatic rings. The Morgan fingerprint density at radius 3 is 2.38 bits per heavy atom. The van der Waals surface area contributed by atoms with Crippen molar-refractivity contribution >= 4 is 46.4 Å². The summed E-state index contributed by atoms with van der Waals surface area (Å²) in [6, 6.07) is 18.4. The number of piperazine rings is 1. The Morgan fingerprint density at radius 2 is 1.59 bits per heavy atom. The van der Waals surface area contributed by atoms with Gasteiger partial charge in [-0.1, -0.05) is 46.9 Å². The number of ether oxygens (including phenoxy) is 2. The fraction of sp³-hybridized carbons (Fsp3) is 0.208. The quantitative estimate of drug-likeness (QED) is 0.447. The third-order valence-corrected chi connectivity index (χ3v) is 6.55. The van der Waals surface area contributed by atoms with E-state index in [2.05, 4.69) is 4.90 Å². The minimum absolute atomic E-state index is 0.0517. The van der Waals surface area contributed by atoms with Gasteiger partial charge in [-0.25, -0.2) is 0 Å². The number of amides is 1. The van der Waals surface area contributed by atoms with Crippen molar-refractivity contribution in [3.63, 3.8) is 0 Å². The van der Waals surface area contributed by atoms with Crippen LogP contribution in [0.15, 0.2) is 60.7 Å². The maximum absolute atomic E-state index is 13.3. The van der Waals surface area contributed by atoms with Crippen LogP contribution in [0.5, 0.6) is 11.5 Å². The van der Waals surface area contributed by atoms with Crippen LogP contribution in [-0.2, 0) is 0 Å². The second-order valence-electron chi connectivity index (χ2n) is 7.68. The molecule has 1 saturated heterocycles. The van der Waals surface area contributed by atoms with Gasteiger partial charge in [0.2, 0.25) is 6.79 Å². The zero-order valence-electron chi connectivity index (χ0n) is 16.9. The molecule has 32 heavy (non-hydrogen) atoms. The highest BCUT2D eigenvalue weighted by Crippen LogP contribution is 2.38. The number of benzene rings is 3. The Hall–Kier alpha value is -2.60. The molecule has 0 spiro atoms. The summed E-state index contributed by atoms with van der Waals surface area (Å²) in [6.45, 7) is 1.83. The van der Waals surface area contributed by atoms with E-state index in [0.717, 1.165) is 11.3 Å². The van der Waals surface area contributed by atoms with Gasteiger partial charge in [0, 0.05) is 35.2 Å². The first-order valence-corrected chi connectivity index (χ1v) is 11.3. The number of rotatable bonds is 3. The highest BCUT2D eigenvalue weighted by molar-refractivity contribution is 6.36. The summed E-state index contributed by atoms with van der Waals surface area (Å²) in [6.07, 6.45) is 0. The first-order chi connectivity index (χ1) is 15.5. The molecule has 3 aromatic rings. The minimum Gasteiger partial charge on any atom is -0.454 e. The highest BCUT2D eigenvalue weighted by Gasteiger charge is 2.32. The molecule has 8 heteroatoms. The predicted molar refractivity (Wildman–Crippen MR) is 126 cm³/mol. The van der Waals surface area contributed by atoms with Crippen molar-refractivity contribution in [1.82, 2.24) is 4.90 Å². The number of carbonyl (C=O) groups excluding carboxylic acids is 1. The van der Waals surface area contributed by atoms with E-state index in [1.54, 1.807) is 24.3 Å². The summed E-state index contributed by atoms with van der Waals surface area (Å²) >= 11 is 18.8. The summed E-state index contributed by atoms with van der Waals surface area (Å²) in [5, 5.41) is 1.82. The summed E-state index contributed by atoms with van der Waals surface area (Å²) < 4.78 is 10.8. The summed E-state index contributed by atoms with van der Waals surface area (Å²) in [7, 11) is 0. The monoisotopic (exact) mass is 488 g/mol. The third kappa shape index (κ3) is 4.08. The van der Waals surface area contributed by atoms with Crippen molar-refractivity contribution in [2.24, 2.45) is 0 Å². The van der Waals surface area contributed by atoms with Crippen LogP contribution < -0.4 is 14.4 Å². The molecule has 0 aliphatic carbocycles. The molecule has 1 unspecified atom stereocenters. The molecule has 0 aromatic heterocycles. The molecular formula is C24H19Cl3N2O3. The van der Waals surface area contributed by atoms with E-state index in [9.17, 15) is 4.79 Å². The maximum Gasteiger partial charge on any atom is 0.254 e. The SMILES string of the molecule is O=C(c1ccc2c(c1)OCO2)N1CCN(c2ccc(Cl)cc2Cl)C(c2ccc(Cl)cc2)C1. The molecular weight excluding hydrogens is 471 g/mol. The molecule has 5 nitrogen and oxygen atoms in total. The van der Waals surface area contributed by atoms with Crippen LogP contribution in [0.3, 0.4) is 0 Å². The normalized spacial score (nSPS) is 17.5. The van der Waals surface area contributed by atoms with Gasteiger partial charge in [0.15, 0.2) is 11.5 Å². The van der Waals surface area contributed by atoms with Gasteiger partial charge in [0.05, 0.1) is 16.8 Å². The Balaban J connectivity index is 1.46. The fourth-order valence-corrected chi connectivity index (χ4v) is 4.80. The molecule has 1 fully saturated rings. The van der Waals surface area contributed by atoms with Crippen LogP contribution in [0.25, 0.3) is 0 Å². The lowest BCUT2D eigenvalue weighted by Gasteiger charge is -2.43. The lowest BCUT2D eigenvalue weighted by molar-refractivity contribution is 0.0721. The van der Waals surface area contributed by atoms with Crippen LogP contribution in [0.2, 0.25) is 15.1 Å². The molecule has 2 heterocycles.